The highest BCUT2D eigenvalue weighted by atomic mass is 32.2. The molecule has 0 bridgehead atoms. The number of nitrogens with zero attached hydrogens (tertiary/aromatic N) is 4. The summed E-state index contributed by atoms with van der Waals surface area (Å²) in [6, 6.07) is 11.9. The molecular weight excluding hydrogens is 508 g/mol. The molecule has 0 radical (unpaired) electrons. The van der Waals surface area contributed by atoms with Gasteiger partial charge in [0.05, 0.1) is 22.8 Å². The van der Waals surface area contributed by atoms with Crippen molar-refractivity contribution in [3.05, 3.63) is 76.9 Å². The SMILES string of the molecule is Cc1nc(OS(=O)(=O)c2c(C(C)C)cc(C(C)C)cc2C(C)C)c2cc3c(cc2n1)CCN3c1cccnc1. The number of benzene rings is 2. The third-order valence-electron chi connectivity index (χ3n) is 7.34. The van der Waals surface area contributed by atoms with Crippen LogP contribution >= 0.6 is 0 Å². The van der Waals surface area contributed by atoms with Gasteiger partial charge < -0.3 is 9.08 Å². The molecule has 0 saturated heterocycles. The second-order valence-corrected chi connectivity index (χ2v) is 12.7. The molecule has 2 aromatic carbocycles. The third kappa shape index (κ3) is 5.10. The lowest BCUT2D eigenvalue weighted by molar-refractivity contribution is 0.474. The average Bonchev–Trinajstić information content (AvgIpc) is 3.29. The van der Waals surface area contributed by atoms with Crippen LogP contribution in [-0.2, 0) is 16.5 Å². The maximum Gasteiger partial charge on any atom is 0.341 e. The van der Waals surface area contributed by atoms with Gasteiger partial charge in [0.1, 0.15) is 10.7 Å². The fourth-order valence-electron chi connectivity index (χ4n) is 5.26. The van der Waals surface area contributed by atoms with Crippen LogP contribution in [0.25, 0.3) is 10.9 Å². The highest BCUT2D eigenvalue weighted by Crippen LogP contribution is 2.40. The van der Waals surface area contributed by atoms with Crippen molar-refractivity contribution in [1.82, 2.24) is 15.0 Å². The summed E-state index contributed by atoms with van der Waals surface area (Å²) in [7, 11) is -4.21. The Morgan fingerprint density at radius 2 is 1.62 bits per heavy atom. The van der Waals surface area contributed by atoms with Crippen LogP contribution in [-0.4, -0.2) is 29.9 Å². The van der Waals surface area contributed by atoms with E-state index >= 15 is 0 Å². The first-order chi connectivity index (χ1) is 18.5. The Labute approximate surface area is 231 Å². The van der Waals surface area contributed by atoms with E-state index in [2.05, 4.69) is 33.7 Å². The largest absolute Gasteiger partial charge is 0.357 e. The molecule has 0 aliphatic carbocycles. The van der Waals surface area contributed by atoms with Crippen LogP contribution in [0.3, 0.4) is 0 Å². The van der Waals surface area contributed by atoms with Crippen LogP contribution in [0.1, 0.15) is 87.4 Å². The van der Waals surface area contributed by atoms with E-state index in [1.807, 2.05) is 70.3 Å². The molecule has 1 aliphatic rings. The topological polar surface area (TPSA) is 85.3 Å². The van der Waals surface area contributed by atoms with Crippen molar-refractivity contribution in [2.45, 2.75) is 77.5 Å². The summed E-state index contributed by atoms with van der Waals surface area (Å²) in [5, 5.41) is 0.565. The first kappa shape index (κ1) is 27.1. The Hall–Kier alpha value is -3.52. The Bertz CT molecular complexity index is 1620. The number of hydrogen-bond acceptors (Lipinski definition) is 7. The van der Waals surface area contributed by atoms with Crippen molar-refractivity contribution >= 4 is 32.4 Å². The molecule has 0 spiro atoms. The summed E-state index contributed by atoms with van der Waals surface area (Å²) in [5.41, 5.74) is 6.43. The predicted octanol–water partition coefficient (Wildman–Crippen LogP) is 7.17. The molecule has 0 unspecified atom stereocenters. The molecule has 5 rings (SSSR count). The Morgan fingerprint density at radius 3 is 2.21 bits per heavy atom. The van der Waals surface area contributed by atoms with E-state index in [4.69, 9.17) is 4.18 Å². The van der Waals surface area contributed by atoms with E-state index in [1.165, 1.54) is 0 Å². The molecule has 3 heterocycles. The van der Waals surface area contributed by atoms with E-state index in [1.54, 1.807) is 13.1 Å². The summed E-state index contributed by atoms with van der Waals surface area (Å²) < 4.78 is 34.2. The van der Waals surface area contributed by atoms with Gasteiger partial charge in [-0.1, -0.05) is 53.7 Å². The molecule has 0 atom stereocenters. The normalized spacial score (nSPS) is 13.6. The molecule has 8 heteroatoms. The molecule has 0 amide bonds. The fourth-order valence-corrected chi connectivity index (χ4v) is 6.85. The number of anilines is 2. The molecule has 7 nitrogen and oxygen atoms in total. The van der Waals surface area contributed by atoms with E-state index in [-0.39, 0.29) is 28.5 Å². The predicted molar refractivity (Wildman–Crippen MR) is 156 cm³/mol. The Morgan fingerprint density at radius 1 is 0.923 bits per heavy atom. The molecule has 0 saturated carbocycles. The zero-order chi connectivity index (χ0) is 28.1. The number of aryl methyl sites for hydroxylation is 1. The van der Waals surface area contributed by atoms with Crippen LogP contribution in [0.2, 0.25) is 0 Å². The van der Waals surface area contributed by atoms with E-state index in [0.29, 0.717) is 16.7 Å². The second kappa shape index (κ2) is 10.2. The highest BCUT2D eigenvalue weighted by Gasteiger charge is 2.31. The van der Waals surface area contributed by atoms with E-state index in [0.717, 1.165) is 46.6 Å². The summed E-state index contributed by atoms with van der Waals surface area (Å²) in [6.45, 7) is 14.9. The van der Waals surface area contributed by atoms with Crippen LogP contribution in [0, 0.1) is 6.92 Å². The van der Waals surface area contributed by atoms with E-state index in [9.17, 15) is 8.42 Å². The van der Waals surface area contributed by atoms with Crippen molar-refractivity contribution in [2.24, 2.45) is 0 Å². The number of rotatable bonds is 7. The molecule has 2 aromatic heterocycles. The maximum absolute atomic E-state index is 14.1. The van der Waals surface area contributed by atoms with Gasteiger partial charge in [-0.05, 0) is 77.6 Å². The minimum absolute atomic E-state index is 0.00485. The first-order valence-electron chi connectivity index (χ1n) is 13.6. The number of aromatic nitrogens is 3. The third-order valence-corrected chi connectivity index (χ3v) is 8.69. The van der Waals surface area contributed by atoms with Crippen LogP contribution in [0.15, 0.2) is 53.7 Å². The van der Waals surface area contributed by atoms with Crippen molar-refractivity contribution in [3.8, 4) is 5.88 Å². The summed E-state index contributed by atoms with van der Waals surface area (Å²) >= 11 is 0. The van der Waals surface area contributed by atoms with Gasteiger partial charge in [-0.25, -0.2) is 4.98 Å². The zero-order valence-electron chi connectivity index (χ0n) is 23.7. The molecule has 0 N–H and O–H groups in total. The standard InChI is InChI=1S/C31H36N4O3S/c1-18(2)23-13-25(19(3)4)30(26(14-23)20(5)6)39(36,37)38-31-27-16-29-22(15-28(27)33-21(7)34-31)10-12-35(29)24-9-8-11-32-17-24/h8-9,11,13-20H,10,12H2,1-7H3. The van der Waals surface area contributed by atoms with Gasteiger partial charge in [0.25, 0.3) is 0 Å². The van der Waals surface area contributed by atoms with Gasteiger partial charge in [-0.2, -0.15) is 13.4 Å². The minimum atomic E-state index is -4.21. The zero-order valence-corrected chi connectivity index (χ0v) is 24.5. The van der Waals surface area contributed by atoms with Crippen LogP contribution < -0.4 is 9.08 Å². The first-order valence-corrected chi connectivity index (χ1v) is 15.0. The second-order valence-electron chi connectivity index (χ2n) is 11.2. The van der Waals surface area contributed by atoms with E-state index < -0.39 is 10.1 Å². The highest BCUT2D eigenvalue weighted by molar-refractivity contribution is 7.87. The molecular formula is C31H36N4O3S. The Kier molecular flexibility index (Phi) is 7.10. The van der Waals surface area contributed by atoms with Crippen molar-refractivity contribution in [2.75, 3.05) is 11.4 Å². The lowest BCUT2D eigenvalue weighted by Crippen LogP contribution is -2.18. The molecule has 39 heavy (non-hydrogen) atoms. The van der Waals surface area contributed by atoms with Gasteiger partial charge in [-0.15, -0.1) is 0 Å². The lowest BCUT2D eigenvalue weighted by Gasteiger charge is -2.23. The number of hydrogen-bond donors (Lipinski definition) is 0. The average molecular weight is 545 g/mol. The van der Waals surface area contributed by atoms with Crippen LogP contribution in [0.4, 0.5) is 11.4 Å². The van der Waals surface area contributed by atoms with Crippen molar-refractivity contribution in [3.63, 3.8) is 0 Å². The van der Waals surface area contributed by atoms with Gasteiger partial charge >= 0.3 is 10.1 Å². The lowest BCUT2D eigenvalue weighted by atomic mass is 9.89. The van der Waals surface area contributed by atoms with Crippen molar-refractivity contribution < 1.29 is 12.6 Å². The molecule has 1 aliphatic heterocycles. The quantitative estimate of drug-likeness (QED) is 0.228. The van der Waals surface area contributed by atoms with Crippen molar-refractivity contribution in [1.29, 1.82) is 0 Å². The monoisotopic (exact) mass is 544 g/mol. The number of pyridine rings is 1. The molecule has 204 valence electrons. The minimum Gasteiger partial charge on any atom is -0.357 e. The summed E-state index contributed by atoms with van der Waals surface area (Å²) in [4.78, 5) is 15.8. The van der Waals surface area contributed by atoms with Crippen LogP contribution in [0.5, 0.6) is 5.88 Å². The molecule has 4 aromatic rings. The smallest absolute Gasteiger partial charge is 0.341 e. The number of fused-ring (bicyclic) bond motifs is 2. The molecule has 0 fully saturated rings. The van der Waals surface area contributed by atoms with Gasteiger partial charge in [-0.3, -0.25) is 4.98 Å². The maximum atomic E-state index is 14.1. The summed E-state index contributed by atoms with van der Waals surface area (Å²) in [5.74, 6) is 0.772. The fraction of sp³-hybridized carbons (Fsp3) is 0.387. The van der Waals surface area contributed by atoms with Gasteiger partial charge in [0.2, 0.25) is 5.88 Å². The van der Waals surface area contributed by atoms with Gasteiger partial charge in [0, 0.05) is 18.4 Å². The Balaban J connectivity index is 1.66. The summed E-state index contributed by atoms with van der Waals surface area (Å²) in [6.07, 6.45) is 4.43. The van der Waals surface area contributed by atoms with Gasteiger partial charge in [0.15, 0.2) is 0 Å².